The highest BCUT2D eigenvalue weighted by molar-refractivity contribution is 8.00. The van der Waals surface area contributed by atoms with E-state index in [9.17, 15) is 9.59 Å². The molecule has 0 aliphatic rings. The number of methoxy groups -OCH3 is 1. The maximum absolute atomic E-state index is 11.4. The Balaban J connectivity index is 1.98. The van der Waals surface area contributed by atoms with Gasteiger partial charge < -0.3 is 14.3 Å². The van der Waals surface area contributed by atoms with Crippen LogP contribution >= 0.6 is 23.1 Å². The molecule has 0 bridgehead atoms. The van der Waals surface area contributed by atoms with E-state index < -0.39 is 11.9 Å². The molecule has 0 saturated carbocycles. The number of esters is 1. The molecule has 0 aromatic carbocycles. The maximum Gasteiger partial charge on any atom is 0.374 e. The number of carboxylic acid groups (broad SMARTS) is 1. The summed E-state index contributed by atoms with van der Waals surface area (Å²) in [4.78, 5) is 26.2. The van der Waals surface area contributed by atoms with Crippen molar-refractivity contribution in [2.24, 2.45) is 0 Å². The van der Waals surface area contributed by atoms with Gasteiger partial charge in [0.2, 0.25) is 5.76 Å². The van der Waals surface area contributed by atoms with E-state index in [-0.39, 0.29) is 12.2 Å². The lowest BCUT2D eigenvalue weighted by atomic mass is 10.3. The molecule has 0 amide bonds. The lowest BCUT2D eigenvalue weighted by molar-refractivity contribution is -0.136. The van der Waals surface area contributed by atoms with Crippen LogP contribution < -0.4 is 0 Å². The summed E-state index contributed by atoms with van der Waals surface area (Å²) in [5, 5.41) is 10.4. The van der Waals surface area contributed by atoms with Crippen molar-refractivity contribution in [3.63, 3.8) is 0 Å². The van der Waals surface area contributed by atoms with Crippen LogP contribution in [0.3, 0.4) is 0 Å². The van der Waals surface area contributed by atoms with E-state index in [4.69, 9.17) is 9.52 Å². The number of hydrogen-bond donors (Lipinski definition) is 1. The first-order valence-electron chi connectivity index (χ1n) is 5.54. The van der Waals surface area contributed by atoms with Crippen LogP contribution in [0.5, 0.6) is 0 Å². The Bertz CT molecular complexity index is 619. The van der Waals surface area contributed by atoms with Crippen LogP contribution in [0.1, 0.15) is 21.8 Å². The predicted molar refractivity (Wildman–Crippen MR) is 73.1 cm³/mol. The van der Waals surface area contributed by atoms with Gasteiger partial charge in [0, 0.05) is 16.7 Å². The third kappa shape index (κ3) is 3.61. The summed E-state index contributed by atoms with van der Waals surface area (Å²) in [5.41, 5.74) is 1.25. The van der Waals surface area contributed by atoms with Gasteiger partial charge in [-0.15, -0.1) is 11.3 Å². The van der Waals surface area contributed by atoms with Gasteiger partial charge in [-0.05, 0) is 6.07 Å². The Morgan fingerprint density at radius 3 is 3.05 bits per heavy atom. The van der Waals surface area contributed by atoms with Gasteiger partial charge >= 0.3 is 11.9 Å². The quantitative estimate of drug-likeness (QED) is 0.647. The second-order valence-electron chi connectivity index (χ2n) is 3.73. The number of rotatable bonds is 6. The SMILES string of the molecule is COC(=O)c1occc1CSc1nc(CC(=O)O)cs1. The number of hydrogen-bond acceptors (Lipinski definition) is 7. The summed E-state index contributed by atoms with van der Waals surface area (Å²) in [6.45, 7) is 0. The fourth-order valence-electron chi connectivity index (χ4n) is 1.45. The largest absolute Gasteiger partial charge is 0.481 e. The predicted octanol–water partition coefficient (Wildman–Crippen LogP) is 2.44. The molecule has 0 spiro atoms. The Labute approximate surface area is 122 Å². The molecule has 0 aliphatic heterocycles. The molecule has 0 saturated heterocycles. The Morgan fingerprint density at radius 2 is 2.35 bits per heavy atom. The van der Waals surface area contributed by atoms with Crippen LogP contribution in [0.2, 0.25) is 0 Å². The zero-order valence-electron chi connectivity index (χ0n) is 10.5. The maximum atomic E-state index is 11.4. The molecule has 2 heterocycles. The molecule has 20 heavy (non-hydrogen) atoms. The summed E-state index contributed by atoms with van der Waals surface area (Å²) in [6, 6.07) is 1.70. The van der Waals surface area contributed by atoms with Crippen molar-refractivity contribution in [2.45, 2.75) is 16.5 Å². The van der Waals surface area contributed by atoms with Gasteiger partial charge in [-0.25, -0.2) is 9.78 Å². The van der Waals surface area contributed by atoms with Crippen molar-refractivity contribution >= 4 is 35.0 Å². The van der Waals surface area contributed by atoms with Crippen LogP contribution in [0.4, 0.5) is 0 Å². The van der Waals surface area contributed by atoms with E-state index in [1.54, 1.807) is 11.4 Å². The second kappa shape index (κ2) is 6.58. The average Bonchev–Trinajstić information content (AvgIpc) is 3.03. The minimum Gasteiger partial charge on any atom is -0.481 e. The highest BCUT2D eigenvalue weighted by Crippen LogP contribution is 2.28. The summed E-state index contributed by atoms with van der Waals surface area (Å²) >= 11 is 2.79. The Morgan fingerprint density at radius 1 is 1.55 bits per heavy atom. The van der Waals surface area contributed by atoms with Crippen molar-refractivity contribution in [3.8, 4) is 0 Å². The average molecular weight is 313 g/mol. The number of thioether (sulfide) groups is 1. The standard InChI is InChI=1S/C12H11NO5S2/c1-17-11(16)10-7(2-3-18-10)5-19-12-13-8(6-20-12)4-9(14)15/h2-3,6H,4-5H2,1H3,(H,14,15). The molecule has 2 aromatic heterocycles. The van der Waals surface area contributed by atoms with Crippen molar-refractivity contribution in [2.75, 3.05) is 7.11 Å². The summed E-state index contributed by atoms with van der Waals surface area (Å²) in [5.74, 6) is -0.741. The number of aliphatic carboxylic acids is 1. The van der Waals surface area contributed by atoms with E-state index >= 15 is 0 Å². The van der Waals surface area contributed by atoms with Gasteiger partial charge in [-0.2, -0.15) is 0 Å². The van der Waals surface area contributed by atoms with Gasteiger partial charge in [0.25, 0.3) is 0 Å². The second-order valence-corrected chi connectivity index (χ2v) is 5.81. The summed E-state index contributed by atoms with van der Waals surface area (Å²) in [7, 11) is 1.29. The zero-order chi connectivity index (χ0) is 14.5. The van der Waals surface area contributed by atoms with E-state index in [0.29, 0.717) is 11.4 Å². The van der Waals surface area contributed by atoms with Gasteiger partial charge in [0.15, 0.2) is 0 Å². The fraction of sp³-hybridized carbons (Fsp3) is 0.250. The van der Waals surface area contributed by atoms with Gasteiger partial charge in [-0.1, -0.05) is 11.8 Å². The van der Waals surface area contributed by atoms with Gasteiger partial charge in [0.1, 0.15) is 4.34 Å². The first kappa shape index (κ1) is 14.6. The van der Waals surface area contributed by atoms with E-state index in [1.807, 2.05) is 0 Å². The fourth-order valence-corrected chi connectivity index (χ4v) is 3.28. The molecule has 2 rings (SSSR count). The zero-order valence-corrected chi connectivity index (χ0v) is 12.1. The number of aromatic nitrogens is 1. The lowest BCUT2D eigenvalue weighted by Crippen LogP contribution is -2.02. The topological polar surface area (TPSA) is 89.6 Å². The highest BCUT2D eigenvalue weighted by Gasteiger charge is 2.16. The monoisotopic (exact) mass is 313 g/mol. The van der Waals surface area contributed by atoms with Crippen molar-refractivity contribution in [3.05, 3.63) is 34.7 Å². The van der Waals surface area contributed by atoms with Crippen LogP contribution in [-0.2, 0) is 21.7 Å². The number of carbonyl (C=O) groups excluding carboxylic acids is 1. The Kier molecular flexibility index (Phi) is 4.80. The highest BCUT2D eigenvalue weighted by atomic mass is 32.2. The van der Waals surface area contributed by atoms with Crippen LogP contribution in [0.15, 0.2) is 26.5 Å². The number of furan rings is 1. The van der Waals surface area contributed by atoms with E-state index in [1.165, 1.54) is 36.5 Å². The molecule has 6 nitrogen and oxygen atoms in total. The van der Waals surface area contributed by atoms with Gasteiger partial charge in [0.05, 0.1) is 25.5 Å². The summed E-state index contributed by atoms with van der Waals surface area (Å²) < 4.78 is 10.4. The molecular weight excluding hydrogens is 302 g/mol. The molecule has 0 unspecified atom stereocenters. The van der Waals surface area contributed by atoms with E-state index in [2.05, 4.69) is 9.72 Å². The van der Waals surface area contributed by atoms with Gasteiger partial charge in [-0.3, -0.25) is 4.79 Å². The molecule has 1 N–H and O–H groups in total. The Hall–Kier alpha value is -1.80. The molecule has 8 heteroatoms. The molecule has 0 aliphatic carbocycles. The molecule has 0 atom stereocenters. The molecule has 106 valence electrons. The number of carbonyl (C=O) groups is 2. The first-order chi connectivity index (χ1) is 9.60. The van der Waals surface area contributed by atoms with Crippen LogP contribution in [-0.4, -0.2) is 29.1 Å². The minimum absolute atomic E-state index is 0.0871. The number of thiazole rings is 1. The molecule has 0 fully saturated rings. The smallest absolute Gasteiger partial charge is 0.374 e. The van der Waals surface area contributed by atoms with Crippen molar-refractivity contribution < 1.29 is 23.8 Å². The minimum atomic E-state index is -0.908. The lowest BCUT2D eigenvalue weighted by Gasteiger charge is -1.99. The van der Waals surface area contributed by atoms with Crippen LogP contribution in [0, 0.1) is 0 Å². The summed E-state index contributed by atoms with van der Waals surface area (Å²) in [6.07, 6.45) is 1.34. The third-order valence-corrected chi connectivity index (χ3v) is 4.45. The molecule has 2 aromatic rings. The normalized spacial score (nSPS) is 10.4. The first-order valence-corrected chi connectivity index (χ1v) is 7.40. The number of ether oxygens (including phenoxy) is 1. The third-order valence-electron chi connectivity index (χ3n) is 2.33. The van der Waals surface area contributed by atoms with E-state index in [0.717, 1.165) is 9.90 Å². The van der Waals surface area contributed by atoms with Crippen molar-refractivity contribution in [1.82, 2.24) is 4.98 Å². The van der Waals surface area contributed by atoms with Crippen LogP contribution in [0.25, 0.3) is 0 Å². The molecular formula is C12H11NO5S2. The number of nitrogens with zero attached hydrogens (tertiary/aromatic N) is 1. The molecule has 0 radical (unpaired) electrons. The van der Waals surface area contributed by atoms with Crippen molar-refractivity contribution in [1.29, 1.82) is 0 Å². The number of carboxylic acids is 1.